The molecular formula is C23H31NO3S. The van der Waals surface area contributed by atoms with Gasteiger partial charge in [0.2, 0.25) is 0 Å². The van der Waals surface area contributed by atoms with E-state index < -0.39 is 10.1 Å². The fourth-order valence-corrected chi connectivity index (χ4v) is 3.81. The van der Waals surface area contributed by atoms with E-state index >= 15 is 0 Å². The number of hydrogen-bond acceptors (Lipinski definition) is 4. The van der Waals surface area contributed by atoms with Crippen molar-refractivity contribution in [2.24, 2.45) is 0 Å². The Kier molecular flexibility index (Phi) is 9.94. The van der Waals surface area contributed by atoms with E-state index in [2.05, 4.69) is 23.2 Å². The van der Waals surface area contributed by atoms with Crippen molar-refractivity contribution in [2.45, 2.75) is 63.2 Å². The molecule has 1 aromatic heterocycles. The molecule has 0 aliphatic carbocycles. The van der Waals surface area contributed by atoms with Crippen LogP contribution in [0, 0.1) is 6.92 Å². The Balaban J connectivity index is 1.46. The summed E-state index contributed by atoms with van der Waals surface area (Å²) in [6.45, 7) is 2.18. The third-order valence-corrected chi connectivity index (χ3v) is 5.88. The number of allylic oxidation sites excluding steroid dienone is 2. The van der Waals surface area contributed by atoms with Crippen molar-refractivity contribution in [3.8, 4) is 0 Å². The highest BCUT2D eigenvalue weighted by Crippen LogP contribution is 2.14. The lowest BCUT2D eigenvalue weighted by atomic mass is 10.1. The third kappa shape index (κ3) is 8.81. The average molecular weight is 402 g/mol. The van der Waals surface area contributed by atoms with Crippen molar-refractivity contribution in [3.63, 3.8) is 0 Å². The molecule has 0 radical (unpaired) electrons. The highest BCUT2D eigenvalue weighted by Gasteiger charge is 2.14. The van der Waals surface area contributed by atoms with Crippen LogP contribution in [-0.2, 0) is 20.7 Å². The zero-order valence-corrected chi connectivity index (χ0v) is 17.5. The molecule has 0 aliphatic heterocycles. The molecule has 0 fully saturated rings. The predicted octanol–water partition coefficient (Wildman–Crippen LogP) is 5.62. The van der Waals surface area contributed by atoms with Crippen molar-refractivity contribution in [1.82, 2.24) is 4.98 Å². The van der Waals surface area contributed by atoms with Crippen LogP contribution in [0.3, 0.4) is 0 Å². The number of pyridine rings is 1. The summed E-state index contributed by atoms with van der Waals surface area (Å²) in [7, 11) is -3.62. The molecule has 4 nitrogen and oxygen atoms in total. The number of rotatable bonds is 13. The molecule has 0 saturated carbocycles. The maximum Gasteiger partial charge on any atom is 0.296 e. The maximum absolute atomic E-state index is 12.1. The van der Waals surface area contributed by atoms with Gasteiger partial charge >= 0.3 is 0 Å². The van der Waals surface area contributed by atoms with E-state index in [1.807, 2.05) is 19.2 Å². The van der Waals surface area contributed by atoms with Gasteiger partial charge in [-0.05, 0) is 56.4 Å². The maximum atomic E-state index is 12.1. The number of hydrogen-bond donors (Lipinski definition) is 0. The molecule has 0 amide bonds. The largest absolute Gasteiger partial charge is 0.296 e. The summed E-state index contributed by atoms with van der Waals surface area (Å²) in [5.74, 6) is 0. The van der Waals surface area contributed by atoms with Crippen LogP contribution in [0.2, 0.25) is 0 Å². The van der Waals surface area contributed by atoms with Crippen molar-refractivity contribution >= 4 is 10.1 Å². The summed E-state index contributed by atoms with van der Waals surface area (Å²) < 4.78 is 29.2. The lowest BCUT2D eigenvalue weighted by Crippen LogP contribution is -2.07. The molecular weight excluding hydrogens is 370 g/mol. The van der Waals surface area contributed by atoms with Gasteiger partial charge in [0.05, 0.1) is 11.5 Å². The van der Waals surface area contributed by atoms with Gasteiger partial charge in [-0.15, -0.1) is 0 Å². The van der Waals surface area contributed by atoms with E-state index in [4.69, 9.17) is 4.18 Å². The Bertz CT molecular complexity index is 800. The average Bonchev–Trinajstić information content (AvgIpc) is 2.70. The molecule has 1 heterocycles. The number of benzene rings is 1. The van der Waals surface area contributed by atoms with Gasteiger partial charge in [0.25, 0.3) is 10.1 Å². The lowest BCUT2D eigenvalue weighted by molar-refractivity contribution is 0.306. The van der Waals surface area contributed by atoms with Crippen LogP contribution in [-0.4, -0.2) is 20.0 Å². The summed E-state index contributed by atoms with van der Waals surface area (Å²) in [6, 6.07) is 10.8. The van der Waals surface area contributed by atoms with Crippen LogP contribution in [0.15, 0.2) is 65.8 Å². The molecule has 0 unspecified atom stereocenters. The molecule has 0 atom stereocenters. The van der Waals surface area contributed by atoms with E-state index in [0.29, 0.717) is 0 Å². The first-order chi connectivity index (χ1) is 13.6. The molecule has 0 aliphatic rings. The van der Waals surface area contributed by atoms with Gasteiger partial charge in [-0.3, -0.25) is 9.17 Å². The Hall–Kier alpha value is -1.98. The zero-order chi connectivity index (χ0) is 20.1. The molecule has 0 bridgehead atoms. The monoisotopic (exact) mass is 401 g/mol. The SMILES string of the molecule is Cc1ccc(S(=O)(=O)OCCCCCCCC/C=C\Cc2cccnc2)cc1. The lowest BCUT2D eigenvalue weighted by Gasteiger charge is -2.06. The Morgan fingerprint density at radius 3 is 2.36 bits per heavy atom. The first-order valence-electron chi connectivity index (χ1n) is 10.1. The highest BCUT2D eigenvalue weighted by molar-refractivity contribution is 7.86. The van der Waals surface area contributed by atoms with Gasteiger partial charge < -0.3 is 0 Å². The van der Waals surface area contributed by atoms with Crippen LogP contribution < -0.4 is 0 Å². The normalized spacial score (nSPS) is 11.9. The second-order valence-corrected chi connectivity index (χ2v) is 8.65. The molecule has 0 spiro atoms. The smallest absolute Gasteiger partial charge is 0.266 e. The molecule has 0 N–H and O–H groups in total. The fourth-order valence-electron chi connectivity index (χ4n) is 2.87. The van der Waals surface area contributed by atoms with Crippen LogP contribution in [0.25, 0.3) is 0 Å². The zero-order valence-electron chi connectivity index (χ0n) is 16.7. The van der Waals surface area contributed by atoms with Crippen LogP contribution in [0.4, 0.5) is 0 Å². The minimum atomic E-state index is -3.62. The summed E-state index contributed by atoms with van der Waals surface area (Å²) >= 11 is 0. The number of aromatic nitrogens is 1. The Morgan fingerprint density at radius 1 is 0.929 bits per heavy atom. The van der Waals surface area contributed by atoms with Crippen molar-refractivity contribution < 1.29 is 12.6 Å². The Labute approximate surface area is 169 Å². The molecule has 2 rings (SSSR count). The van der Waals surface area contributed by atoms with Crippen LogP contribution in [0.1, 0.15) is 56.1 Å². The first kappa shape index (κ1) is 22.3. The highest BCUT2D eigenvalue weighted by atomic mass is 32.2. The standard InChI is InChI=1S/C23H31NO3S/c1-21-14-16-23(17-15-21)28(25,26)27-19-10-8-6-4-2-3-5-7-9-12-22-13-11-18-24-20-22/h7,9,11,13-18,20H,2-6,8,10,12,19H2,1H3/b9-7-. The number of aryl methyl sites for hydroxylation is 1. The van der Waals surface area contributed by atoms with Crippen molar-refractivity contribution in [2.75, 3.05) is 6.61 Å². The summed E-state index contributed by atoms with van der Waals surface area (Å²) in [5.41, 5.74) is 2.27. The van der Waals surface area contributed by atoms with E-state index in [1.54, 1.807) is 30.5 Å². The van der Waals surface area contributed by atoms with Crippen molar-refractivity contribution in [3.05, 3.63) is 72.1 Å². The first-order valence-corrected chi connectivity index (χ1v) is 11.5. The van der Waals surface area contributed by atoms with Gasteiger partial charge in [-0.1, -0.05) is 61.6 Å². The predicted molar refractivity (Wildman–Crippen MR) is 114 cm³/mol. The molecule has 2 aromatic rings. The summed E-state index contributed by atoms with van der Waals surface area (Å²) in [6.07, 6.45) is 16.7. The fraction of sp³-hybridized carbons (Fsp3) is 0.435. The van der Waals surface area contributed by atoms with Gasteiger partial charge in [0.1, 0.15) is 0 Å². The van der Waals surface area contributed by atoms with E-state index in [1.165, 1.54) is 24.8 Å². The number of unbranched alkanes of at least 4 members (excludes halogenated alkanes) is 6. The van der Waals surface area contributed by atoms with Gasteiger partial charge in [-0.25, -0.2) is 0 Å². The van der Waals surface area contributed by atoms with Crippen molar-refractivity contribution in [1.29, 1.82) is 0 Å². The van der Waals surface area contributed by atoms with Crippen LogP contribution in [0.5, 0.6) is 0 Å². The van der Waals surface area contributed by atoms with Gasteiger partial charge in [0.15, 0.2) is 0 Å². The quantitative estimate of drug-likeness (QED) is 0.248. The molecule has 1 aromatic carbocycles. The van der Waals surface area contributed by atoms with E-state index in [0.717, 1.165) is 37.7 Å². The summed E-state index contributed by atoms with van der Waals surface area (Å²) in [4.78, 5) is 4.34. The topological polar surface area (TPSA) is 56.3 Å². The summed E-state index contributed by atoms with van der Waals surface area (Å²) in [5, 5.41) is 0. The minimum Gasteiger partial charge on any atom is -0.266 e. The van der Waals surface area contributed by atoms with Gasteiger partial charge in [-0.2, -0.15) is 8.42 Å². The Morgan fingerprint density at radius 2 is 1.64 bits per heavy atom. The second-order valence-electron chi connectivity index (χ2n) is 7.04. The molecule has 28 heavy (non-hydrogen) atoms. The van der Waals surface area contributed by atoms with E-state index in [-0.39, 0.29) is 11.5 Å². The molecule has 152 valence electrons. The third-order valence-electron chi connectivity index (χ3n) is 4.56. The minimum absolute atomic E-state index is 0.231. The van der Waals surface area contributed by atoms with Crippen LogP contribution >= 0.6 is 0 Å². The molecule has 5 heteroatoms. The second kappa shape index (κ2) is 12.5. The van der Waals surface area contributed by atoms with Gasteiger partial charge in [0, 0.05) is 12.4 Å². The molecule has 0 saturated heterocycles. The number of nitrogens with zero attached hydrogens (tertiary/aromatic N) is 1. The van der Waals surface area contributed by atoms with E-state index in [9.17, 15) is 8.42 Å².